The number of benzene rings is 3. The number of imidazole rings is 1. The number of rotatable bonds is 11. The minimum absolute atomic E-state index is 0.183. The SMILES string of the molecule is N#Cc1cccc(CC(NS(=O)(=O)c2ccccc2)c2nc3ccc(OCCCc4ncc[nH]4)cc3s2)c1. The van der Waals surface area contributed by atoms with Crippen LogP contribution in [0.1, 0.15) is 34.4 Å². The predicted octanol–water partition coefficient (Wildman–Crippen LogP) is 5.16. The highest BCUT2D eigenvalue weighted by molar-refractivity contribution is 7.89. The van der Waals surface area contributed by atoms with Crippen molar-refractivity contribution in [2.75, 3.05) is 6.61 Å². The molecule has 0 saturated carbocycles. The van der Waals surface area contributed by atoms with Crippen molar-refractivity contribution >= 4 is 31.6 Å². The number of aromatic amines is 1. The van der Waals surface area contributed by atoms with Gasteiger partial charge < -0.3 is 9.72 Å². The molecule has 0 aliphatic carbocycles. The van der Waals surface area contributed by atoms with Gasteiger partial charge >= 0.3 is 0 Å². The topological polar surface area (TPSA) is 121 Å². The van der Waals surface area contributed by atoms with Crippen LogP contribution in [0.3, 0.4) is 0 Å². The van der Waals surface area contributed by atoms with Crippen LogP contribution in [0.25, 0.3) is 10.2 Å². The van der Waals surface area contributed by atoms with E-state index in [9.17, 15) is 13.7 Å². The van der Waals surface area contributed by atoms with E-state index in [0.29, 0.717) is 23.6 Å². The number of nitrogens with zero attached hydrogens (tertiary/aromatic N) is 3. The molecule has 1 unspecified atom stereocenters. The van der Waals surface area contributed by atoms with Crippen molar-refractivity contribution in [3.05, 3.63) is 107 Å². The van der Waals surface area contributed by atoms with Gasteiger partial charge in [0.25, 0.3) is 0 Å². The zero-order valence-corrected chi connectivity index (χ0v) is 22.0. The van der Waals surface area contributed by atoms with Crippen molar-refractivity contribution < 1.29 is 13.2 Å². The second-order valence-corrected chi connectivity index (χ2v) is 11.4. The van der Waals surface area contributed by atoms with Gasteiger partial charge in [-0.1, -0.05) is 30.3 Å². The summed E-state index contributed by atoms with van der Waals surface area (Å²) in [4.78, 5) is 12.3. The molecule has 0 aliphatic heterocycles. The number of nitriles is 1. The lowest BCUT2D eigenvalue weighted by Gasteiger charge is -2.17. The Hall–Kier alpha value is -4.04. The molecule has 0 fully saturated rings. The van der Waals surface area contributed by atoms with Crippen molar-refractivity contribution in [1.29, 1.82) is 5.26 Å². The minimum Gasteiger partial charge on any atom is -0.494 e. The molecule has 1 atom stereocenters. The molecule has 10 heteroatoms. The zero-order chi connectivity index (χ0) is 26.4. The zero-order valence-electron chi connectivity index (χ0n) is 20.4. The lowest BCUT2D eigenvalue weighted by molar-refractivity contribution is 0.310. The molecule has 0 saturated heterocycles. The van der Waals surface area contributed by atoms with Crippen molar-refractivity contribution in [2.24, 2.45) is 0 Å². The quantitative estimate of drug-likeness (QED) is 0.222. The molecule has 0 radical (unpaired) electrons. The van der Waals surface area contributed by atoms with Gasteiger partial charge in [-0.25, -0.2) is 23.1 Å². The highest BCUT2D eigenvalue weighted by Crippen LogP contribution is 2.32. The first-order valence-corrected chi connectivity index (χ1v) is 14.4. The second kappa shape index (κ2) is 11.6. The first-order valence-electron chi connectivity index (χ1n) is 12.1. The van der Waals surface area contributed by atoms with Crippen LogP contribution in [0.4, 0.5) is 0 Å². The van der Waals surface area contributed by atoms with Crippen LogP contribution in [0.2, 0.25) is 0 Å². The lowest BCUT2D eigenvalue weighted by atomic mass is 10.0. The summed E-state index contributed by atoms with van der Waals surface area (Å²) in [6.45, 7) is 0.548. The Balaban J connectivity index is 1.38. The minimum atomic E-state index is -3.80. The van der Waals surface area contributed by atoms with Crippen LogP contribution in [0.5, 0.6) is 5.75 Å². The van der Waals surface area contributed by atoms with Crippen molar-refractivity contribution in [1.82, 2.24) is 19.7 Å². The van der Waals surface area contributed by atoms with Crippen LogP contribution < -0.4 is 9.46 Å². The van der Waals surface area contributed by atoms with E-state index in [1.165, 1.54) is 11.3 Å². The third-order valence-electron chi connectivity index (χ3n) is 5.90. The van der Waals surface area contributed by atoms with E-state index in [1.807, 2.05) is 24.3 Å². The maximum atomic E-state index is 13.2. The van der Waals surface area contributed by atoms with Gasteiger partial charge in [-0.3, -0.25) is 0 Å². The number of aromatic nitrogens is 3. The summed E-state index contributed by atoms with van der Waals surface area (Å²) in [5.74, 6) is 1.66. The molecule has 192 valence electrons. The predicted molar refractivity (Wildman–Crippen MR) is 146 cm³/mol. The number of thiazole rings is 1. The summed E-state index contributed by atoms with van der Waals surface area (Å²) in [5.41, 5.74) is 2.12. The monoisotopic (exact) mass is 543 g/mol. The number of ether oxygens (including phenoxy) is 1. The Bertz CT molecular complexity index is 1660. The van der Waals surface area contributed by atoms with Gasteiger partial charge in [0, 0.05) is 18.8 Å². The number of hydrogen-bond donors (Lipinski definition) is 2. The number of sulfonamides is 1. The molecule has 0 aliphatic rings. The highest BCUT2D eigenvalue weighted by atomic mass is 32.2. The van der Waals surface area contributed by atoms with Gasteiger partial charge in [0.15, 0.2) is 0 Å². The van der Waals surface area contributed by atoms with E-state index in [0.717, 1.165) is 40.2 Å². The largest absolute Gasteiger partial charge is 0.494 e. The molecule has 2 N–H and O–H groups in total. The molecule has 38 heavy (non-hydrogen) atoms. The standard InChI is InChI=1S/C28H25N5O3S2/c29-19-21-7-4-6-20(16-21)17-25(33-38(34,35)23-8-2-1-3-9-23)28-32-24-12-11-22(18-26(24)37-28)36-15-5-10-27-30-13-14-31-27/h1-4,6-9,11-14,16,18,25,33H,5,10,15,17H2,(H,30,31). The molecular formula is C28H25N5O3S2. The molecule has 2 aromatic heterocycles. The maximum absolute atomic E-state index is 13.2. The summed E-state index contributed by atoms with van der Waals surface area (Å²) >= 11 is 1.42. The molecular weight excluding hydrogens is 518 g/mol. The van der Waals surface area contributed by atoms with Crippen molar-refractivity contribution in [2.45, 2.75) is 30.2 Å². The lowest BCUT2D eigenvalue weighted by Crippen LogP contribution is -2.30. The average Bonchev–Trinajstić information content (AvgIpc) is 3.61. The third kappa shape index (κ3) is 6.26. The summed E-state index contributed by atoms with van der Waals surface area (Å²) in [5, 5.41) is 9.94. The van der Waals surface area contributed by atoms with E-state index in [1.54, 1.807) is 60.9 Å². The normalized spacial score (nSPS) is 12.3. The van der Waals surface area contributed by atoms with Crippen molar-refractivity contribution in [3.63, 3.8) is 0 Å². The Kier molecular flexibility index (Phi) is 7.79. The number of H-pyrrole nitrogens is 1. The number of aryl methyl sites for hydroxylation is 1. The molecule has 0 spiro atoms. The van der Waals surface area contributed by atoms with Crippen LogP contribution in [-0.2, 0) is 22.9 Å². The summed E-state index contributed by atoms with van der Waals surface area (Å²) in [7, 11) is -3.80. The fourth-order valence-electron chi connectivity index (χ4n) is 4.06. The van der Waals surface area contributed by atoms with Gasteiger partial charge in [0.1, 0.15) is 16.6 Å². The average molecular weight is 544 g/mol. The Morgan fingerprint density at radius 2 is 1.95 bits per heavy atom. The fourth-order valence-corrected chi connectivity index (χ4v) is 6.41. The molecule has 2 heterocycles. The van der Waals surface area contributed by atoms with Crippen LogP contribution in [0, 0.1) is 11.3 Å². The Morgan fingerprint density at radius 3 is 2.74 bits per heavy atom. The Labute approximate surface area is 225 Å². The fraction of sp³-hybridized carbons (Fsp3) is 0.179. The number of nitrogens with one attached hydrogen (secondary N) is 2. The first-order chi connectivity index (χ1) is 18.5. The van der Waals surface area contributed by atoms with Crippen LogP contribution >= 0.6 is 11.3 Å². The molecule has 8 nitrogen and oxygen atoms in total. The van der Waals surface area contributed by atoms with Gasteiger partial charge in [0.2, 0.25) is 10.0 Å². The van der Waals surface area contributed by atoms with Gasteiger partial charge in [-0.2, -0.15) is 5.26 Å². The summed E-state index contributed by atoms with van der Waals surface area (Å²) < 4.78 is 36.1. The molecule has 3 aromatic carbocycles. The molecule has 0 amide bonds. The smallest absolute Gasteiger partial charge is 0.241 e. The number of fused-ring (bicyclic) bond motifs is 1. The molecule has 5 rings (SSSR count). The van der Waals surface area contributed by atoms with E-state index in [-0.39, 0.29) is 4.90 Å². The maximum Gasteiger partial charge on any atom is 0.241 e. The van der Waals surface area contributed by atoms with Gasteiger partial charge in [-0.05, 0) is 60.9 Å². The second-order valence-electron chi connectivity index (χ2n) is 8.67. The van der Waals surface area contributed by atoms with Crippen molar-refractivity contribution in [3.8, 4) is 11.8 Å². The highest BCUT2D eigenvalue weighted by Gasteiger charge is 2.25. The van der Waals surface area contributed by atoms with Gasteiger partial charge in [0.05, 0.1) is 39.4 Å². The van der Waals surface area contributed by atoms with E-state index in [2.05, 4.69) is 20.8 Å². The third-order valence-corrected chi connectivity index (χ3v) is 8.52. The van der Waals surface area contributed by atoms with Crippen LogP contribution in [0.15, 0.2) is 90.1 Å². The van der Waals surface area contributed by atoms with E-state index in [4.69, 9.17) is 9.72 Å². The van der Waals surface area contributed by atoms with E-state index < -0.39 is 16.1 Å². The van der Waals surface area contributed by atoms with Gasteiger partial charge in [-0.15, -0.1) is 11.3 Å². The van der Waals surface area contributed by atoms with E-state index >= 15 is 0 Å². The summed E-state index contributed by atoms with van der Waals surface area (Å²) in [6, 6.07) is 22.6. The summed E-state index contributed by atoms with van der Waals surface area (Å²) in [6.07, 6.45) is 5.51. The first kappa shape index (κ1) is 25.6. The van der Waals surface area contributed by atoms with Crippen LogP contribution in [-0.4, -0.2) is 30.0 Å². The number of hydrogen-bond acceptors (Lipinski definition) is 7. The molecule has 0 bridgehead atoms. The Morgan fingerprint density at radius 1 is 1.08 bits per heavy atom. The molecule has 5 aromatic rings.